The van der Waals surface area contributed by atoms with Crippen LogP contribution in [0.1, 0.15) is 71.4 Å². The molecule has 1 aliphatic heterocycles. The lowest BCUT2D eigenvalue weighted by atomic mass is 9.61. The summed E-state index contributed by atoms with van der Waals surface area (Å²) in [5.41, 5.74) is 5.64. The molecule has 3 heteroatoms. The van der Waals surface area contributed by atoms with E-state index in [0.29, 0.717) is 0 Å². The SMILES string of the molecule is CCCCc1ccc2c(c1)sc1c(-n3cc[n+]4c3-c3ccccc3C(C)(CC)C4(C)CC)cccc12. The summed E-state index contributed by atoms with van der Waals surface area (Å²) in [4.78, 5) is 0. The van der Waals surface area contributed by atoms with Gasteiger partial charge in [-0.25, -0.2) is 4.57 Å². The third-order valence-electron chi connectivity index (χ3n) is 9.32. The summed E-state index contributed by atoms with van der Waals surface area (Å²) in [6.45, 7) is 11.9. The van der Waals surface area contributed by atoms with Crippen LogP contribution in [0.25, 0.3) is 37.2 Å². The number of aryl methyl sites for hydroxylation is 1. The van der Waals surface area contributed by atoms with Crippen LogP contribution >= 0.6 is 11.3 Å². The molecule has 0 N–H and O–H groups in total. The summed E-state index contributed by atoms with van der Waals surface area (Å²) in [6.07, 6.45) is 10.5. The largest absolute Gasteiger partial charge is 0.294 e. The van der Waals surface area contributed by atoms with Gasteiger partial charge in [-0.15, -0.1) is 11.3 Å². The Hall–Kier alpha value is -2.91. The molecule has 0 amide bonds. The van der Waals surface area contributed by atoms with Gasteiger partial charge < -0.3 is 0 Å². The van der Waals surface area contributed by atoms with Crippen LogP contribution in [0.15, 0.2) is 73.1 Å². The van der Waals surface area contributed by atoms with Crippen molar-refractivity contribution in [2.45, 2.75) is 77.7 Å². The van der Waals surface area contributed by atoms with Crippen molar-refractivity contribution >= 4 is 31.5 Å². The van der Waals surface area contributed by atoms with E-state index in [1.165, 1.54) is 61.2 Å². The van der Waals surface area contributed by atoms with Crippen molar-refractivity contribution in [3.63, 3.8) is 0 Å². The summed E-state index contributed by atoms with van der Waals surface area (Å²) in [5, 5.41) is 2.74. The number of hydrogen-bond acceptors (Lipinski definition) is 1. The van der Waals surface area contributed by atoms with E-state index >= 15 is 0 Å². The second-order valence-corrected chi connectivity index (χ2v) is 12.0. The average molecular weight is 494 g/mol. The number of aromatic nitrogens is 2. The highest BCUT2D eigenvalue weighted by atomic mass is 32.1. The predicted octanol–water partition coefficient (Wildman–Crippen LogP) is 8.95. The molecule has 3 aromatic carbocycles. The van der Waals surface area contributed by atoms with Crippen LogP contribution in [0, 0.1) is 0 Å². The minimum absolute atomic E-state index is 0.00107. The van der Waals surface area contributed by atoms with Gasteiger partial charge in [0.25, 0.3) is 5.82 Å². The van der Waals surface area contributed by atoms with Gasteiger partial charge in [-0.2, -0.15) is 4.57 Å². The Morgan fingerprint density at radius 3 is 2.50 bits per heavy atom. The average Bonchev–Trinajstić information content (AvgIpc) is 3.52. The first kappa shape index (κ1) is 23.5. The van der Waals surface area contributed by atoms with E-state index in [0.717, 1.165) is 19.3 Å². The minimum atomic E-state index is -0.00107. The Balaban J connectivity index is 1.61. The molecule has 2 unspecified atom stereocenters. The molecule has 2 aromatic heterocycles. The summed E-state index contributed by atoms with van der Waals surface area (Å²) in [5.74, 6) is 1.30. The fourth-order valence-electron chi connectivity index (χ4n) is 6.64. The van der Waals surface area contributed by atoms with Crippen molar-refractivity contribution in [3.05, 3.63) is 84.2 Å². The third-order valence-corrected chi connectivity index (χ3v) is 10.5. The van der Waals surface area contributed by atoms with Crippen molar-refractivity contribution < 1.29 is 4.57 Å². The van der Waals surface area contributed by atoms with Crippen LogP contribution < -0.4 is 4.57 Å². The number of hydrogen-bond donors (Lipinski definition) is 0. The molecule has 6 rings (SSSR count). The van der Waals surface area contributed by atoms with Crippen molar-refractivity contribution in [1.29, 1.82) is 0 Å². The van der Waals surface area contributed by atoms with E-state index < -0.39 is 0 Å². The van der Waals surface area contributed by atoms with Crippen LogP contribution in [0.4, 0.5) is 0 Å². The Morgan fingerprint density at radius 2 is 1.72 bits per heavy atom. The summed E-state index contributed by atoms with van der Waals surface area (Å²) < 4.78 is 7.81. The Kier molecular flexibility index (Phi) is 5.60. The van der Waals surface area contributed by atoms with Gasteiger partial charge in [-0.1, -0.05) is 76.6 Å². The molecule has 0 spiro atoms. The molecule has 2 nitrogen and oxygen atoms in total. The zero-order chi connectivity index (χ0) is 25.1. The maximum absolute atomic E-state index is 2.58. The molecule has 2 atom stereocenters. The number of benzene rings is 3. The van der Waals surface area contributed by atoms with Gasteiger partial charge >= 0.3 is 0 Å². The van der Waals surface area contributed by atoms with Gasteiger partial charge in [0, 0.05) is 20.9 Å². The molecule has 0 radical (unpaired) electrons. The van der Waals surface area contributed by atoms with Crippen molar-refractivity contribution in [1.82, 2.24) is 4.57 Å². The van der Waals surface area contributed by atoms with Crippen molar-refractivity contribution in [3.8, 4) is 17.1 Å². The van der Waals surface area contributed by atoms with Crippen molar-refractivity contribution in [2.24, 2.45) is 0 Å². The van der Waals surface area contributed by atoms with E-state index in [2.05, 4.69) is 117 Å². The first-order chi connectivity index (χ1) is 17.5. The summed E-state index contributed by atoms with van der Waals surface area (Å²) >= 11 is 1.95. The first-order valence-corrected chi connectivity index (χ1v) is 14.5. The zero-order valence-electron chi connectivity index (χ0n) is 22.3. The quantitative estimate of drug-likeness (QED) is 0.209. The highest BCUT2D eigenvalue weighted by molar-refractivity contribution is 7.26. The Labute approximate surface area is 219 Å². The molecular weight excluding hydrogens is 456 g/mol. The second-order valence-electron chi connectivity index (χ2n) is 10.9. The zero-order valence-corrected chi connectivity index (χ0v) is 23.1. The van der Waals surface area contributed by atoms with E-state index in [1.54, 1.807) is 0 Å². The Bertz CT molecular complexity index is 1590. The fourth-order valence-corrected chi connectivity index (χ4v) is 7.92. The van der Waals surface area contributed by atoms with Crippen LogP contribution in [-0.4, -0.2) is 4.57 Å². The van der Waals surface area contributed by atoms with Gasteiger partial charge in [-0.05, 0) is 61.9 Å². The first-order valence-electron chi connectivity index (χ1n) is 13.6. The number of imidazole rings is 1. The molecule has 3 heterocycles. The van der Waals surface area contributed by atoms with Gasteiger partial charge in [0.1, 0.15) is 17.9 Å². The van der Waals surface area contributed by atoms with E-state index in [-0.39, 0.29) is 11.0 Å². The standard InChI is InChI=1S/C33H37N2S/c1-6-9-13-23-18-19-24-25-15-12-17-28(30(25)36-29(24)22-23)34-20-21-35-31(34)26-14-10-11-16-27(26)32(4,7-2)33(35,5)8-3/h10-12,14-22H,6-9,13H2,1-5H3/q+1. The van der Waals surface area contributed by atoms with Crippen LogP contribution in [0.5, 0.6) is 0 Å². The molecule has 36 heavy (non-hydrogen) atoms. The highest BCUT2D eigenvalue weighted by Crippen LogP contribution is 2.50. The molecule has 184 valence electrons. The third kappa shape index (κ3) is 3.11. The number of rotatable bonds is 6. The molecule has 0 saturated heterocycles. The number of unbranched alkanes of at least 4 members (excludes halogenated alkanes) is 1. The molecule has 5 aromatic rings. The van der Waals surface area contributed by atoms with Crippen molar-refractivity contribution in [2.75, 3.05) is 0 Å². The topological polar surface area (TPSA) is 8.81 Å². The lowest BCUT2D eigenvalue weighted by molar-refractivity contribution is -0.764. The van der Waals surface area contributed by atoms with Gasteiger partial charge in [0.05, 0.1) is 10.3 Å². The normalized spacial score (nSPS) is 21.1. The number of nitrogens with zero attached hydrogens (tertiary/aromatic N) is 2. The van der Waals surface area contributed by atoms with E-state index in [1.807, 2.05) is 11.3 Å². The number of fused-ring (bicyclic) bond motifs is 6. The van der Waals surface area contributed by atoms with E-state index in [4.69, 9.17) is 0 Å². The fraction of sp³-hybridized carbons (Fsp3) is 0.364. The predicted molar refractivity (Wildman–Crippen MR) is 154 cm³/mol. The van der Waals surface area contributed by atoms with Crippen LogP contribution in [0.3, 0.4) is 0 Å². The smallest absolute Gasteiger partial charge is 0.224 e. The minimum Gasteiger partial charge on any atom is -0.224 e. The lowest BCUT2D eigenvalue weighted by Crippen LogP contribution is -2.67. The summed E-state index contributed by atoms with van der Waals surface area (Å²) in [6, 6.07) is 23.0. The lowest BCUT2D eigenvalue weighted by Gasteiger charge is -2.47. The monoisotopic (exact) mass is 493 g/mol. The van der Waals surface area contributed by atoms with Gasteiger partial charge in [0.15, 0.2) is 5.69 Å². The molecular formula is C33H37N2S+. The maximum atomic E-state index is 2.58. The second kappa shape index (κ2) is 8.59. The molecule has 0 bridgehead atoms. The van der Waals surface area contributed by atoms with E-state index in [9.17, 15) is 0 Å². The highest BCUT2D eigenvalue weighted by Gasteiger charge is 2.55. The van der Waals surface area contributed by atoms with Crippen LogP contribution in [-0.2, 0) is 17.4 Å². The molecule has 0 fully saturated rings. The maximum Gasteiger partial charge on any atom is 0.294 e. The molecule has 0 saturated carbocycles. The summed E-state index contributed by atoms with van der Waals surface area (Å²) in [7, 11) is 0. The van der Waals surface area contributed by atoms with Gasteiger partial charge in [-0.3, -0.25) is 0 Å². The number of thiophene rings is 1. The molecule has 1 aliphatic rings. The van der Waals surface area contributed by atoms with Gasteiger partial charge in [0.2, 0.25) is 0 Å². The Morgan fingerprint density at radius 1 is 0.889 bits per heavy atom. The van der Waals surface area contributed by atoms with Crippen LogP contribution in [0.2, 0.25) is 0 Å². The molecule has 0 aliphatic carbocycles.